The lowest BCUT2D eigenvalue weighted by Crippen LogP contribution is -2.53. The summed E-state index contributed by atoms with van der Waals surface area (Å²) in [6.07, 6.45) is 5.65. The number of rotatable bonds is 19. The SMILES string of the molecule is C=CC1CC1(CNCC(=O)C1CC(OC(=O)N2Cc3cccc(CC)c3C2)CN1C(=O)C(Nc1cc(F)cc(C(F)(F)CC)c1)C(C)(C)C)C(=O)C(=N)CCCC1(C)CC1. The molecule has 5 atom stereocenters. The van der Waals surface area contributed by atoms with E-state index in [1.807, 2.05) is 18.2 Å². The fraction of sp³-hybridized carbons (Fsp3) is 0.596. The molecule has 2 aromatic rings. The molecule has 0 bridgehead atoms. The maximum absolute atomic E-state index is 14.8. The van der Waals surface area contributed by atoms with Crippen LogP contribution in [0.3, 0.4) is 0 Å². The van der Waals surface area contributed by atoms with Gasteiger partial charge in [-0.25, -0.2) is 18.0 Å². The minimum atomic E-state index is -3.30. The number of carbonyl (C=O) groups is 4. The minimum Gasteiger partial charge on any atom is -0.444 e. The molecule has 2 aliphatic carbocycles. The van der Waals surface area contributed by atoms with Crippen molar-refractivity contribution >= 4 is 35.0 Å². The van der Waals surface area contributed by atoms with E-state index in [4.69, 9.17) is 10.1 Å². The smallest absolute Gasteiger partial charge is 0.410 e. The summed E-state index contributed by atoms with van der Waals surface area (Å²) in [4.78, 5) is 59.2. The molecule has 6 rings (SSSR count). The van der Waals surface area contributed by atoms with Crippen molar-refractivity contribution in [2.45, 2.75) is 137 Å². The lowest BCUT2D eigenvalue weighted by Gasteiger charge is -2.36. The topological polar surface area (TPSA) is 132 Å². The highest BCUT2D eigenvalue weighted by molar-refractivity contribution is 6.41. The van der Waals surface area contributed by atoms with E-state index in [1.165, 1.54) is 24.7 Å². The first-order valence-electron chi connectivity index (χ1n) is 21.5. The normalized spacial score (nSPS) is 23.4. The highest BCUT2D eigenvalue weighted by Gasteiger charge is 2.58. The van der Waals surface area contributed by atoms with E-state index in [9.17, 15) is 32.3 Å². The molecule has 1 saturated heterocycles. The number of allylic oxidation sites excluding steroid dienone is 1. The monoisotopic (exact) mass is 833 g/mol. The number of benzene rings is 2. The number of nitrogens with one attached hydrogen (secondary N) is 3. The second-order valence-corrected chi connectivity index (χ2v) is 19.0. The number of anilines is 1. The molecule has 3 N–H and O–H groups in total. The molecule has 5 unspecified atom stereocenters. The second kappa shape index (κ2) is 17.5. The van der Waals surface area contributed by atoms with Gasteiger partial charge in [0.1, 0.15) is 18.0 Å². The molecule has 60 heavy (non-hydrogen) atoms. The number of amides is 2. The summed E-state index contributed by atoms with van der Waals surface area (Å²) in [6.45, 7) is 15.4. The van der Waals surface area contributed by atoms with Crippen LogP contribution in [0.5, 0.6) is 0 Å². The Kier molecular flexibility index (Phi) is 13.1. The summed E-state index contributed by atoms with van der Waals surface area (Å²) in [5, 5.41) is 14.8. The summed E-state index contributed by atoms with van der Waals surface area (Å²) in [5.74, 6) is -5.45. The van der Waals surface area contributed by atoms with Crippen LogP contribution in [0.4, 0.5) is 23.7 Å². The number of ether oxygens (including phenoxy) is 1. The van der Waals surface area contributed by atoms with Crippen LogP contribution in [0.25, 0.3) is 0 Å². The van der Waals surface area contributed by atoms with Crippen LogP contribution in [0.1, 0.15) is 115 Å². The molecule has 326 valence electrons. The number of fused-ring (bicyclic) bond motifs is 1. The van der Waals surface area contributed by atoms with Gasteiger partial charge < -0.3 is 25.7 Å². The van der Waals surface area contributed by atoms with E-state index in [-0.39, 0.29) is 54.9 Å². The lowest BCUT2D eigenvalue weighted by molar-refractivity contribution is -0.139. The Morgan fingerprint density at radius 1 is 1.10 bits per heavy atom. The quantitative estimate of drug-likeness (QED) is 0.0953. The van der Waals surface area contributed by atoms with E-state index in [0.29, 0.717) is 31.3 Å². The van der Waals surface area contributed by atoms with Crippen LogP contribution in [-0.4, -0.2) is 76.9 Å². The number of halogens is 3. The average molecular weight is 834 g/mol. The van der Waals surface area contributed by atoms with Gasteiger partial charge in [0.2, 0.25) is 5.91 Å². The molecule has 10 nitrogen and oxygen atoms in total. The summed E-state index contributed by atoms with van der Waals surface area (Å²) in [7, 11) is 0. The molecule has 0 radical (unpaired) electrons. The van der Waals surface area contributed by atoms with Gasteiger partial charge in [-0.15, -0.1) is 6.58 Å². The fourth-order valence-electron chi connectivity index (χ4n) is 8.95. The van der Waals surface area contributed by atoms with Crippen molar-refractivity contribution in [1.29, 1.82) is 5.41 Å². The Balaban J connectivity index is 1.19. The Morgan fingerprint density at radius 3 is 2.47 bits per heavy atom. The van der Waals surface area contributed by atoms with Gasteiger partial charge in [-0.3, -0.25) is 19.3 Å². The van der Waals surface area contributed by atoms with Gasteiger partial charge in [-0.1, -0.05) is 65.8 Å². The summed E-state index contributed by atoms with van der Waals surface area (Å²) in [5.41, 5.74) is 1.44. The number of aryl methyl sites for hydroxylation is 1. The van der Waals surface area contributed by atoms with Crippen LogP contribution >= 0.6 is 0 Å². The van der Waals surface area contributed by atoms with Crippen molar-refractivity contribution in [2.75, 3.05) is 25.0 Å². The van der Waals surface area contributed by atoms with Crippen molar-refractivity contribution in [3.63, 3.8) is 0 Å². The zero-order valence-electron chi connectivity index (χ0n) is 36.0. The molecular formula is C47H62F3N5O5. The molecule has 13 heteroatoms. The molecule has 2 aromatic carbocycles. The number of alkyl halides is 2. The van der Waals surface area contributed by atoms with E-state index in [1.54, 1.807) is 31.7 Å². The molecular weight excluding hydrogens is 772 g/mol. The first-order valence-corrected chi connectivity index (χ1v) is 21.5. The molecule has 2 amide bonds. The highest BCUT2D eigenvalue weighted by Crippen LogP contribution is 2.54. The molecule has 4 aliphatic rings. The Labute approximate surface area is 352 Å². The number of hydrogen-bond acceptors (Lipinski definition) is 8. The van der Waals surface area contributed by atoms with Crippen LogP contribution in [0, 0.1) is 33.4 Å². The van der Waals surface area contributed by atoms with Crippen molar-refractivity contribution in [3.05, 3.63) is 77.1 Å². The van der Waals surface area contributed by atoms with Gasteiger partial charge >= 0.3 is 6.09 Å². The Morgan fingerprint density at radius 2 is 1.83 bits per heavy atom. The van der Waals surface area contributed by atoms with Crippen molar-refractivity contribution in [2.24, 2.45) is 22.2 Å². The number of nitrogens with zero attached hydrogens (tertiary/aromatic N) is 2. The molecule has 2 heterocycles. The van der Waals surface area contributed by atoms with E-state index in [2.05, 4.69) is 31.1 Å². The number of ketones is 2. The van der Waals surface area contributed by atoms with Crippen LogP contribution < -0.4 is 10.6 Å². The summed E-state index contributed by atoms with van der Waals surface area (Å²) < 4.78 is 50.3. The van der Waals surface area contributed by atoms with Gasteiger partial charge in [0, 0.05) is 43.7 Å². The zero-order chi connectivity index (χ0) is 43.8. The first kappa shape index (κ1) is 45.0. The van der Waals surface area contributed by atoms with Crippen LogP contribution in [0.15, 0.2) is 49.1 Å². The predicted octanol–water partition coefficient (Wildman–Crippen LogP) is 8.75. The minimum absolute atomic E-state index is 0.0124. The molecule has 2 saturated carbocycles. The second-order valence-electron chi connectivity index (χ2n) is 19.0. The van der Waals surface area contributed by atoms with Crippen molar-refractivity contribution in [1.82, 2.24) is 15.1 Å². The van der Waals surface area contributed by atoms with Gasteiger partial charge in [-0.05, 0) is 96.6 Å². The van der Waals surface area contributed by atoms with Gasteiger partial charge in [0.25, 0.3) is 5.92 Å². The zero-order valence-corrected chi connectivity index (χ0v) is 36.0. The number of likely N-dealkylation sites (tertiary alicyclic amines) is 1. The average Bonchev–Trinajstić information content (AvgIpc) is 3.99. The summed E-state index contributed by atoms with van der Waals surface area (Å²) in [6, 6.07) is 6.82. The predicted molar refractivity (Wildman–Crippen MR) is 225 cm³/mol. The molecule has 2 aliphatic heterocycles. The Hall–Kier alpha value is -4.52. The van der Waals surface area contributed by atoms with Crippen LogP contribution in [0.2, 0.25) is 0 Å². The third-order valence-electron chi connectivity index (χ3n) is 13.3. The molecule has 0 spiro atoms. The van der Waals surface area contributed by atoms with Gasteiger partial charge in [0.05, 0.1) is 30.3 Å². The molecule has 0 aromatic heterocycles. The maximum Gasteiger partial charge on any atom is 0.410 e. The third-order valence-corrected chi connectivity index (χ3v) is 13.3. The van der Waals surface area contributed by atoms with Crippen molar-refractivity contribution in [3.8, 4) is 0 Å². The fourth-order valence-corrected chi connectivity index (χ4v) is 8.95. The van der Waals surface area contributed by atoms with E-state index < -0.39 is 64.7 Å². The van der Waals surface area contributed by atoms with E-state index in [0.717, 1.165) is 54.2 Å². The van der Waals surface area contributed by atoms with Crippen molar-refractivity contribution < 1.29 is 37.1 Å². The Bertz CT molecular complexity index is 2010. The maximum atomic E-state index is 14.8. The van der Waals surface area contributed by atoms with Crippen LogP contribution in [-0.2, 0) is 44.6 Å². The number of hydrogen-bond donors (Lipinski definition) is 3. The first-order chi connectivity index (χ1) is 28.2. The third kappa shape index (κ3) is 9.82. The van der Waals surface area contributed by atoms with Gasteiger partial charge in [-0.2, -0.15) is 0 Å². The summed E-state index contributed by atoms with van der Waals surface area (Å²) >= 11 is 0. The van der Waals surface area contributed by atoms with E-state index >= 15 is 0 Å². The molecule has 3 fully saturated rings. The highest BCUT2D eigenvalue weighted by atomic mass is 19.3. The number of Topliss-reactive ketones (excluding diaryl/α,β-unsaturated/α-hetero) is 2. The standard InChI is InChI=1S/C47H62F3N5O5/c1-8-29-13-11-14-30-25-54(27-36(29)30)43(59)60-35-22-38(39(56)24-52-28-46(23-31(46)9-2)41(57)37(51)15-12-16-45(7)17-18-45)55(26-35)42(58)40(44(4,5)6)53-34-20-32(19-33(48)21-34)47(49,50)10-3/h9,11,13-14,19-21,31,35,38,40,51-53H,2,8,10,12,15-18,22-28H2,1,3-7H3. The lowest BCUT2D eigenvalue weighted by atomic mass is 9.85. The van der Waals surface area contributed by atoms with Gasteiger partial charge in [0.15, 0.2) is 11.6 Å². The number of carbonyl (C=O) groups excluding carboxylic acids is 4. The largest absolute Gasteiger partial charge is 0.444 e.